The number of aryl methyl sites for hydroxylation is 2. The maximum atomic E-state index is 12.3. The fourth-order valence-electron chi connectivity index (χ4n) is 2.15. The van der Waals surface area contributed by atoms with Gasteiger partial charge in [0.05, 0.1) is 13.2 Å². The SMILES string of the molecule is COc1cc(N=NC2=C(O)c3cc(C)c(C)cc3C2=O)no1. The van der Waals surface area contributed by atoms with E-state index in [1.165, 1.54) is 13.2 Å². The van der Waals surface area contributed by atoms with Gasteiger partial charge in [-0.05, 0) is 37.1 Å². The summed E-state index contributed by atoms with van der Waals surface area (Å²) in [5.41, 5.74) is 2.74. The number of ketones is 1. The van der Waals surface area contributed by atoms with Crippen LogP contribution in [0.25, 0.3) is 5.76 Å². The smallest absolute Gasteiger partial charge is 0.313 e. The molecule has 7 heteroatoms. The minimum atomic E-state index is -0.366. The molecule has 2 aromatic rings. The Morgan fingerprint density at radius 1 is 1.14 bits per heavy atom. The van der Waals surface area contributed by atoms with E-state index in [9.17, 15) is 9.90 Å². The summed E-state index contributed by atoms with van der Waals surface area (Å²) >= 11 is 0. The maximum Gasteiger partial charge on any atom is 0.313 e. The number of aliphatic hydroxyl groups is 1. The van der Waals surface area contributed by atoms with Gasteiger partial charge < -0.3 is 14.4 Å². The summed E-state index contributed by atoms with van der Waals surface area (Å²) in [6.07, 6.45) is 0. The van der Waals surface area contributed by atoms with E-state index in [-0.39, 0.29) is 29.0 Å². The lowest BCUT2D eigenvalue weighted by molar-refractivity contribution is 0.103. The second kappa shape index (κ2) is 5.10. The summed E-state index contributed by atoms with van der Waals surface area (Å²) in [6.45, 7) is 3.82. The molecule has 0 fully saturated rings. The van der Waals surface area contributed by atoms with Crippen molar-refractivity contribution >= 4 is 17.4 Å². The van der Waals surface area contributed by atoms with Crippen molar-refractivity contribution in [3.05, 3.63) is 46.1 Å². The quantitative estimate of drug-likeness (QED) is 0.875. The van der Waals surface area contributed by atoms with Crippen LogP contribution in [0.2, 0.25) is 0 Å². The number of aliphatic hydroxyl groups excluding tert-OH is 1. The Morgan fingerprint density at radius 3 is 2.45 bits per heavy atom. The topological polar surface area (TPSA) is 97.3 Å². The minimum Gasteiger partial charge on any atom is -0.505 e. The number of carbonyl (C=O) groups is 1. The molecule has 22 heavy (non-hydrogen) atoms. The number of rotatable bonds is 3. The number of azo groups is 1. The van der Waals surface area contributed by atoms with Crippen molar-refractivity contribution in [1.29, 1.82) is 0 Å². The Kier molecular flexibility index (Phi) is 3.25. The summed E-state index contributed by atoms with van der Waals surface area (Å²) < 4.78 is 9.61. The molecule has 0 radical (unpaired) electrons. The van der Waals surface area contributed by atoms with Crippen LogP contribution in [-0.2, 0) is 0 Å². The molecule has 1 N–H and O–H groups in total. The van der Waals surface area contributed by atoms with Crippen LogP contribution in [0.15, 0.2) is 38.6 Å². The third kappa shape index (κ3) is 2.16. The van der Waals surface area contributed by atoms with Crippen LogP contribution in [0.1, 0.15) is 27.0 Å². The van der Waals surface area contributed by atoms with Gasteiger partial charge in [0, 0.05) is 11.1 Å². The number of hydrogen-bond acceptors (Lipinski definition) is 7. The van der Waals surface area contributed by atoms with Gasteiger partial charge in [0.25, 0.3) is 0 Å². The lowest BCUT2D eigenvalue weighted by Crippen LogP contribution is -1.98. The Hall–Kier alpha value is -2.96. The molecule has 0 amide bonds. The van der Waals surface area contributed by atoms with Gasteiger partial charge in [0.2, 0.25) is 11.6 Å². The monoisotopic (exact) mass is 299 g/mol. The number of nitrogens with zero attached hydrogens (tertiary/aromatic N) is 3. The molecule has 0 bridgehead atoms. The summed E-state index contributed by atoms with van der Waals surface area (Å²) in [5.74, 6) is -0.218. The van der Waals surface area contributed by atoms with Gasteiger partial charge in [0.1, 0.15) is 0 Å². The second-order valence-electron chi connectivity index (χ2n) is 4.92. The summed E-state index contributed by atoms with van der Waals surface area (Å²) in [5, 5.41) is 21.4. The van der Waals surface area contributed by atoms with Crippen LogP contribution in [0.4, 0.5) is 5.82 Å². The van der Waals surface area contributed by atoms with E-state index in [1.807, 2.05) is 13.8 Å². The molecular weight excluding hydrogens is 286 g/mol. The first-order valence-corrected chi connectivity index (χ1v) is 6.53. The van der Waals surface area contributed by atoms with Crippen LogP contribution < -0.4 is 4.74 Å². The van der Waals surface area contributed by atoms with E-state index in [0.717, 1.165) is 11.1 Å². The molecule has 0 aliphatic heterocycles. The Bertz CT molecular complexity index is 833. The minimum absolute atomic E-state index is 0.109. The molecule has 0 saturated carbocycles. The van der Waals surface area contributed by atoms with E-state index >= 15 is 0 Å². The van der Waals surface area contributed by atoms with Crippen LogP contribution in [0.3, 0.4) is 0 Å². The lowest BCUT2D eigenvalue weighted by atomic mass is 10.0. The highest BCUT2D eigenvalue weighted by molar-refractivity contribution is 6.19. The van der Waals surface area contributed by atoms with Crippen LogP contribution in [0, 0.1) is 13.8 Å². The van der Waals surface area contributed by atoms with Gasteiger partial charge in [-0.2, -0.15) is 0 Å². The average Bonchev–Trinajstić information content (AvgIpc) is 3.04. The molecule has 0 spiro atoms. The van der Waals surface area contributed by atoms with E-state index in [2.05, 4.69) is 15.4 Å². The number of Topliss-reactive ketones (excluding diaryl/α,β-unsaturated/α-hetero) is 1. The molecule has 1 aliphatic carbocycles. The molecule has 0 unspecified atom stereocenters. The number of hydrogen-bond donors (Lipinski definition) is 1. The molecule has 112 valence electrons. The molecule has 1 aliphatic rings. The largest absolute Gasteiger partial charge is 0.505 e. The third-order valence-electron chi connectivity index (χ3n) is 3.50. The molecule has 0 atom stereocenters. The highest BCUT2D eigenvalue weighted by Gasteiger charge is 2.30. The molecular formula is C15H13N3O4. The first-order valence-electron chi connectivity index (χ1n) is 6.53. The average molecular weight is 299 g/mol. The third-order valence-corrected chi connectivity index (χ3v) is 3.50. The number of aromatic nitrogens is 1. The molecule has 7 nitrogen and oxygen atoms in total. The number of methoxy groups -OCH3 is 1. The fourth-order valence-corrected chi connectivity index (χ4v) is 2.15. The number of ether oxygens (including phenoxy) is 1. The summed E-state index contributed by atoms with van der Waals surface area (Å²) in [6, 6.07) is 4.92. The van der Waals surface area contributed by atoms with Crippen molar-refractivity contribution in [2.45, 2.75) is 13.8 Å². The Balaban J connectivity index is 1.96. The molecule has 1 aromatic heterocycles. The van der Waals surface area contributed by atoms with Crippen molar-refractivity contribution in [3.8, 4) is 5.95 Å². The maximum absolute atomic E-state index is 12.3. The van der Waals surface area contributed by atoms with Crippen molar-refractivity contribution in [2.24, 2.45) is 10.2 Å². The van der Waals surface area contributed by atoms with E-state index in [1.54, 1.807) is 12.1 Å². The Morgan fingerprint density at radius 2 is 1.82 bits per heavy atom. The van der Waals surface area contributed by atoms with Gasteiger partial charge in [-0.25, -0.2) is 0 Å². The highest BCUT2D eigenvalue weighted by Crippen LogP contribution is 2.34. The number of carbonyl (C=O) groups excluding carboxylic acids is 1. The van der Waals surface area contributed by atoms with Crippen molar-refractivity contribution in [1.82, 2.24) is 5.16 Å². The van der Waals surface area contributed by atoms with Gasteiger partial charge in [-0.3, -0.25) is 4.79 Å². The first-order chi connectivity index (χ1) is 10.5. The van der Waals surface area contributed by atoms with Gasteiger partial charge >= 0.3 is 5.95 Å². The van der Waals surface area contributed by atoms with E-state index in [4.69, 9.17) is 9.26 Å². The lowest BCUT2D eigenvalue weighted by Gasteiger charge is -2.03. The fraction of sp³-hybridized carbons (Fsp3) is 0.200. The molecule has 1 heterocycles. The standard InChI is InChI=1S/C15H13N3O4/c1-7-4-9-10(5-8(7)2)15(20)13(14(9)19)17-16-11-6-12(21-3)22-18-11/h4-6,19H,1-3H3. The highest BCUT2D eigenvalue weighted by atomic mass is 16.6. The Labute approximate surface area is 125 Å². The number of allylic oxidation sites excluding steroid dienone is 1. The summed E-state index contributed by atoms with van der Waals surface area (Å²) in [4.78, 5) is 12.3. The second-order valence-corrected chi connectivity index (χ2v) is 4.92. The zero-order chi connectivity index (χ0) is 15.9. The van der Waals surface area contributed by atoms with Crippen LogP contribution in [-0.4, -0.2) is 23.2 Å². The predicted molar refractivity (Wildman–Crippen MR) is 77.4 cm³/mol. The van der Waals surface area contributed by atoms with Crippen LogP contribution >= 0.6 is 0 Å². The zero-order valence-electron chi connectivity index (χ0n) is 12.2. The zero-order valence-corrected chi connectivity index (χ0v) is 12.2. The van der Waals surface area contributed by atoms with Gasteiger partial charge in [0.15, 0.2) is 11.5 Å². The van der Waals surface area contributed by atoms with Crippen molar-refractivity contribution < 1.29 is 19.2 Å². The van der Waals surface area contributed by atoms with Gasteiger partial charge in [-0.1, -0.05) is 5.16 Å². The van der Waals surface area contributed by atoms with Gasteiger partial charge in [-0.15, -0.1) is 10.2 Å². The van der Waals surface area contributed by atoms with E-state index in [0.29, 0.717) is 11.1 Å². The van der Waals surface area contributed by atoms with E-state index < -0.39 is 0 Å². The first kappa shape index (κ1) is 14.0. The molecule has 1 aromatic carbocycles. The molecule has 3 rings (SSSR count). The molecule has 0 saturated heterocycles. The van der Waals surface area contributed by atoms with Crippen molar-refractivity contribution in [2.75, 3.05) is 7.11 Å². The number of benzene rings is 1. The van der Waals surface area contributed by atoms with Crippen molar-refractivity contribution in [3.63, 3.8) is 0 Å². The number of fused-ring (bicyclic) bond motifs is 1. The summed E-state index contributed by atoms with van der Waals surface area (Å²) in [7, 11) is 1.43. The predicted octanol–water partition coefficient (Wildman–Crippen LogP) is 3.51. The van der Waals surface area contributed by atoms with Crippen LogP contribution in [0.5, 0.6) is 5.95 Å². The normalized spacial score (nSPS) is 14.0.